The summed E-state index contributed by atoms with van der Waals surface area (Å²) in [4.78, 5) is 22.2. The van der Waals surface area contributed by atoms with Gasteiger partial charge in [0.05, 0.1) is 13.1 Å². The standard InChI is InChI=1S/C12H25N3O2/c1-9(2)5-4-6-10(3)15-12(17)8-14-11(16)7-13/h9-10H,4-8,13H2,1-3H3,(H,14,16)(H,15,17). The van der Waals surface area contributed by atoms with E-state index in [9.17, 15) is 9.59 Å². The summed E-state index contributed by atoms with van der Waals surface area (Å²) in [6, 6.07) is 0.149. The maximum Gasteiger partial charge on any atom is 0.239 e. The first-order chi connectivity index (χ1) is 7.95. The molecule has 0 aliphatic carbocycles. The molecule has 0 bridgehead atoms. The molecule has 5 heteroatoms. The summed E-state index contributed by atoms with van der Waals surface area (Å²) in [5.41, 5.74) is 5.11. The number of carbonyl (C=O) groups excluding carboxylic acids is 2. The van der Waals surface area contributed by atoms with Crippen LogP contribution in [-0.2, 0) is 9.59 Å². The molecule has 0 saturated carbocycles. The zero-order valence-corrected chi connectivity index (χ0v) is 11.1. The average molecular weight is 243 g/mol. The van der Waals surface area contributed by atoms with Crippen LogP contribution in [0, 0.1) is 5.92 Å². The lowest BCUT2D eigenvalue weighted by Crippen LogP contribution is -2.42. The zero-order chi connectivity index (χ0) is 13.3. The van der Waals surface area contributed by atoms with Gasteiger partial charge in [0, 0.05) is 6.04 Å². The molecule has 1 atom stereocenters. The minimum Gasteiger partial charge on any atom is -0.352 e. The second kappa shape index (κ2) is 8.98. The van der Waals surface area contributed by atoms with Gasteiger partial charge < -0.3 is 16.4 Å². The van der Waals surface area contributed by atoms with Gasteiger partial charge in [-0.15, -0.1) is 0 Å². The molecule has 1 unspecified atom stereocenters. The van der Waals surface area contributed by atoms with Crippen molar-refractivity contribution in [2.24, 2.45) is 11.7 Å². The topological polar surface area (TPSA) is 84.2 Å². The third-order valence-corrected chi connectivity index (χ3v) is 2.46. The lowest BCUT2D eigenvalue weighted by atomic mass is 10.0. The Labute approximate surface area is 104 Å². The van der Waals surface area contributed by atoms with E-state index >= 15 is 0 Å². The van der Waals surface area contributed by atoms with Crippen molar-refractivity contribution >= 4 is 11.8 Å². The summed E-state index contributed by atoms with van der Waals surface area (Å²) in [7, 11) is 0. The summed E-state index contributed by atoms with van der Waals surface area (Å²) < 4.78 is 0. The van der Waals surface area contributed by atoms with Crippen LogP contribution >= 0.6 is 0 Å². The fraction of sp³-hybridized carbons (Fsp3) is 0.833. The lowest BCUT2D eigenvalue weighted by Gasteiger charge is -2.14. The maximum absolute atomic E-state index is 11.4. The SMILES string of the molecule is CC(C)CCCC(C)NC(=O)CNC(=O)CN. The van der Waals surface area contributed by atoms with E-state index in [0.29, 0.717) is 5.92 Å². The smallest absolute Gasteiger partial charge is 0.239 e. The molecule has 0 aliphatic heterocycles. The highest BCUT2D eigenvalue weighted by molar-refractivity contribution is 5.85. The molecule has 0 fully saturated rings. The monoisotopic (exact) mass is 243 g/mol. The van der Waals surface area contributed by atoms with Crippen LogP contribution in [0.2, 0.25) is 0 Å². The Balaban J connectivity index is 3.62. The van der Waals surface area contributed by atoms with Crippen LogP contribution in [0.1, 0.15) is 40.0 Å². The van der Waals surface area contributed by atoms with Crippen molar-refractivity contribution in [3.05, 3.63) is 0 Å². The number of hydrogen-bond acceptors (Lipinski definition) is 3. The van der Waals surface area contributed by atoms with E-state index in [1.165, 1.54) is 6.42 Å². The maximum atomic E-state index is 11.4. The molecule has 0 radical (unpaired) electrons. The third kappa shape index (κ3) is 9.81. The van der Waals surface area contributed by atoms with Crippen molar-refractivity contribution < 1.29 is 9.59 Å². The summed E-state index contributed by atoms with van der Waals surface area (Å²) in [5, 5.41) is 5.27. The van der Waals surface area contributed by atoms with Gasteiger partial charge in [-0.1, -0.05) is 26.7 Å². The Morgan fingerprint density at radius 3 is 2.29 bits per heavy atom. The Bertz CT molecular complexity index is 242. The predicted molar refractivity (Wildman–Crippen MR) is 68.4 cm³/mol. The molecule has 0 saturated heterocycles. The van der Waals surface area contributed by atoms with E-state index in [0.717, 1.165) is 12.8 Å². The van der Waals surface area contributed by atoms with E-state index in [1.807, 2.05) is 6.92 Å². The molecular weight excluding hydrogens is 218 g/mol. The van der Waals surface area contributed by atoms with Crippen LogP contribution < -0.4 is 16.4 Å². The first-order valence-electron chi connectivity index (χ1n) is 6.21. The number of nitrogens with two attached hydrogens (primary N) is 1. The predicted octanol–water partition coefficient (Wildman–Crippen LogP) is 0.392. The van der Waals surface area contributed by atoms with Crippen LogP contribution in [-0.4, -0.2) is 30.9 Å². The minimum absolute atomic E-state index is 0.00452. The van der Waals surface area contributed by atoms with Gasteiger partial charge in [0.25, 0.3) is 0 Å². The number of hydrogen-bond donors (Lipinski definition) is 3. The van der Waals surface area contributed by atoms with Gasteiger partial charge in [0.15, 0.2) is 0 Å². The number of carbonyl (C=O) groups is 2. The fourth-order valence-corrected chi connectivity index (χ4v) is 1.48. The molecular formula is C12H25N3O2. The van der Waals surface area contributed by atoms with Crippen molar-refractivity contribution in [2.45, 2.75) is 46.1 Å². The van der Waals surface area contributed by atoms with Crippen molar-refractivity contribution in [2.75, 3.05) is 13.1 Å². The Morgan fingerprint density at radius 2 is 1.76 bits per heavy atom. The van der Waals surface area contributed by atoms with Crippen molar-refractivity contribution in [3.8, 4) is 0 Å². The second-order valence-electron chi connectivity index (χ2n) is 4.77. The molecule has 100 valence electrons. The Morgan fingerprint density at radius 1 is 1.12 bits per heavy atom. The van der Waals surface area contributed by atoms with Crippen molar-refractivity contribution in [3.63, 3.8) is 0 Å². The van der Waals surface area contributed by atoms with Gasteiger partial charge in [-0.3, -0.25) is 9.59 Å². The molecule has 0 rings (SSSR count). The first kappa shape index (κ1) is 15.9. The van der Waals surface area contributed by atoms with Gasteiger partial charge in [-0.2, -0.15) is 0 Å². The molecule has 0 aromatic carbocycles. The van der Waals surface area contributed by atoms with Gasteiger partial charge >= 0.3 is 0 Å². The normalized spacial score (nSPS) is 12.3. The van der Waals surface area contributed by atoms with Gasteiger partial charge in [0.2, 0.25) is 11.8 Å². The van der Waals surface area contributed by atoms with E-state index in [2.05, 4.69) is 24.5 Å². The quantitative estimate of drug-likeness (QED) is 0.576. The third-order valence-electron chi connectivity index (χ3n) is 2.46. The number of rotatable bonds is 8. The Kier molecular flexibility index (Phi) is 8.40. The van der Waals surface area contributed by atoms with Crippen LogP contribution in [0.3, 0.4) is 0 Å². The molecule has 17 heavy (non-hydrogen) atoms. The molecule has 0 heterocycles. The van der Waals surface area contributed by atoms with Crippen molar-refractivity contribution in [1.29, 1.82) is 0 Å². The number of amides is 2. The van der Waals surface area contributed by atoms with Crippen LogP contribution in [0.4, 0.5) is 0 Å². The van der Waals surface area contributed by atoms with Crippen molar-refractivity contribution in [1.82, 2.24) is 10.6 Å². The van der Waals surface area contributed by atoms with E-state index < -0.39 is 0 Å². The van der Waals surface area contributed by atoms with Gasteiger partial charge in [0.1, 0.15) is 0 Å². The molecule has 2 amide bonds. The minimum atomic E-state index is -0.312. The van der Waals surface area contributed by atoms with E-state index in [4.69, 9.17) is 5.73 Å². The van der Waals surface area contributed by atoms with Crippen LogP contribution in [0.15, 0.2) is 0 Å². The summed E-state index contributed by atoms with van der Waals surface area (Å²) in [5.74, 6) is 0.221. The molecule has 5 nitrogen and oxygen atoms in total. The van der Waals surface area contributed by atoms with E-state index in [-0.39, 0.29) is 30.9 Å². The van der Waals surface area contributed by atoms with Gasteiger partial charge in [-0.05, 0) is 19.3 Å². The van der Waals surface area contributed by atoms with Crippen LogP contribution in [0.25, 0.3) is 0 Å². The molecule has 0 spiro atoms. The summed E-state index contributed by atoms with van der Waals surface area (Å²) >= 11 is 0. The summed E-state index contributed by atoms with van der Waals surface area (Å²) in [6.45, 7) is 6.27. The highest BCUT2D eigenvalue weighted by atomic mass is 16.2. The highest BCUT2D eigenvalue weighted by Gasteiger charge is 2.08. The molecule has 0 aromatic rings. The lowest BCUT2D eigenvalue weighted by molar-refractivity contribution is -0.125. The largest absolute Gasteiger partial charge is 0.352 e. The molecule has 0 aliphatic rings. The second-order valence-corrected chi connectivity index (χ2v) is 4.77. The fourth-order valence-electron chi connectivity index (χ4n) is 1.48. The highest BCUT2D eigenvalue weighted by Crippen LogP contribution is 2.07. The Hall–Kier alpha value is -1.10. The zero-order valence-electron chi connectivity index (χ0n) is 11.1. The average Bonchev–Trinajstić information content (AvgIpc) is 2.25. The van der Waals surface area contributed by atoms with Gasteiger partial charge in [-0.25, -0.2) is 0 Å². The number of nitrogens with one attached hydrogen (secondary N) is 2. The van der Waals surface area contributed by atoms with Crippen LogP contribution in [0.5, 0.6) is 0 Å². The molecule has 4 N–H and O–H groups in total. The first-order valence-corrected chi connectivity index (χ1v) is 6.21. The molecule has 0 aromatic heterocycles. The van der Waals surface area contributed by atoms with E-state index in [1.54, 1.807) is 0 Å². The summed E-state index contributed by atoms with van der Waals surface area (Å²) in [6.07, 6.45) is 3.24.